The van der Waals surface area contributed by atoms with Crippen LogP contribution in [-0.4, -0.2) is 18.9 Å². The average molecular weight is 248 g/mol. The summed E-state index contributed by atoms with van der Waals surface area (Å²) in [6, 6.07) is 0. The predicted octanol–water partition coefficient (Wildman–Crippen LogP) is -0.360. The summed E-state index contributed by atoms with van der Waals surface area (Å²) in [7, 11) is 0. The summed E-state index contributed by atoms with van der Waals surface area (Å²) in [4.78, 5) is 0. The van der Waals surface area contributed by atoms with Gasteiger partial charge in [0.05, 0.1) is 11.4 Å². The zero-order valence-corrected chi connectivity index (χ0v) is 10.3. The van der Waals surface area contributed by atoms with Crippen molar-refractivity contribution in [2.75, 3.05) is 13.1 Å². The van der Waals surface area contributed by atoms with Crippen molar-refractivity contribution in [2.24, 2.45) is 17.4 Å². The lowest BCUT2D eigenvalue weighted by atomic mass is 9.88. The molecule has 0 unspecified atom stereocenters. The van der Waals surface area contributed by atoms with Crippen molar-refractivity contribution in [3.8, 4) is 0 Å². The number of rotatable bonds is 3. The zero-order chi connectivity index (χ0) is 13.0. The summed E-state index contributed by atoms with van der Waals surface area (Å²) in [5.41, 5.74) is 19.7. The van der Waals surface area contributed by atoms with Crippen LogP contribution in [0.25, 0.3) is 0 Å². The molecule has 8 N–H and O–H groups in total. The molecule has 0 aromatic carbocycles. The van der Waals surface area contributed by atoms with Crippen LogP contribution in [0, 0.1) is 11.3 Å². The summed E-state index contributed by atoms with van der Waals surface area (Å²) in [5.74, 6) is 0.432. The first-order valence-electron chi connectivity index (χ1n) is 6.13. The molecule has 2 aliphatic rings. The zero-order valence-electron chi connectivity index (χ0n) is 10.3. The lowest BCUT2D eigenvalue weighted by Gasteiger charge is -2.24. The first-order valence-corrected chi connectivity index (χ1v) is 6.13. The van der Waals surface area contributed by atoms with Crippen molar-refractivity contribution in [3.05, 3.63) is 35.3 Å². The van der Waals surface area contributed by atoms with E-state index >= 15 is 0 Å². The number of hydrogen-bond acceptors (Lipinski definition) is 5. The highest BCUT2D eigenvalue weighted by atomic mass is 15.4. The summed E-state index contributed by atoms with van der Waals surface area (Å²) in [5, 5.41) is 11.0. The van der Waals surface area contributed by atoms with Crippen molar-refractivity contribution < 1.29 is 0 Å². The molecule has 0 bridgehead atoms. The smallest absolute Gasteiger partial charge is 0.118 e. The summed E-state index contributed by atoms with van der Waals surface area (Å²) < 4.78 is 0. The Morgan fingerprint density at radius 3 is 2.61 bits per heavy atom. The normalized spacial score (nSPS) is 23.4. The average Bonchev–Trinajstić information content (AvgIpc) is 2.90. The Kier molecular flexibility index (Phi) is 3.88. The number of allylic oxidation sites excluding steroid dienone is 2. The Labute approximate surface area is 107 Å². The van der Waals surface area contributed by atoms with Crippen molar-refractivity contribution in [1.82, 2.24) is 16.2 Å². The maximum Gasteiger partial charge on any atom is 0.118 e. The third kappa shape index (κ3) is 2.84. The second kappa shape index (κ2) is 5.59. The van der Waals surface area contributed by atoms with Crippen LogP contribution in [0.1, 0.15) is 12.8 Å². The molecule has 0 amide bonds. The van der Waals surface area contributed by atoms with Gasteiger partial charge < -0.3 is 22.2 Å². The van der Waals surface area contributed by atoms with E-state index in [1.807, 2.05) is 12.2 Å². The minimum absolute atomic E-state index is 0.111. The lowest BCUT2D eigenvalue weighted by Crippen LogP contribution is -2.32. The molecule has 98 valence electrons. The van der Waals surface area contributed by atoms with Gasteiger partial charge in [0.15, 0.2) is 0 Å². The van der Waals surface area contributed by atoms with Crippen molar-refractivity contribution in [3.63, 3.8) is 0 Å². The monoisotopic (exact) mass is 248 g/mol. The van der Waals surface area contributed by atoms with E-state index in [1.165, 1.54) is 0 Å². The SMILES string of the molecule is N=C(N)/C(=C\C(N)=C1/C=CNN1)C1CCNCC1. The van der Waals surface area contributed by atoms with Crippen molar-refractivity contribution in [2.45, 2.75) is 12.8 Å². The van der Waals surface area contributed by atoms with Gasteiger partial charge in [0.2, 0.25) is 0 Å². The molecular weight excluding hydrogens is 228 g/mol. The van der Waals surface area contributed by atoms with Crippen LogP contribution in [0.4, 0.5) is 0 Å². The van der Waals surface area contributed by atoms with Gasteiger partial charge in [-0.05, 0) is 49.6 Å². The van der Waals surface area contributed by atoms with Crippen LogP contribution in [0.2, 0.25) is 0 Å². The van der Waals surface area contributed by atoms with Gasteiger partial charge in [-0.1, -0.05) is 0 Å². The van der Waals surface area contributed by atoms with E-state index in [0.29, 0.717) is 11.6 Å². The van der Waals surface area contributed by atoms with Gasteiger partial charge in [-0.3, -0.25) is 10.8 Å². The molecule has 0 aromatic rings. The quantitative estimate of drug-likeness (QED) is 0.302. The summed E-state index contributed by atoms with van der Waals surface area (Å²) >= 11 is 0. The Bertz CT molecular complexity index is 414. The Morgan fingerprint density at radius 1 is 1.33 bits per heavy atom. The summed E-state index contributed by atoms with van der Waals surface area (Å²) in [6.07, 6.45) is 7.43. The van der Waals surface area contributed by atoms with Crippen molar-refractivity contribution >= 4 is 5.84 Å². The van der Waals surface area contributed by atoms with Gasteiger partial charge in [0, 0.05) is 6.20 Å². The molecule has 2 aliphatic heterocycles. The van der Waals surface area contributed by atoms with Gasteiger partial charge in [-0.25, -0.2) is 0 Å². The van der Waals surface area contributed by atoms with Crippen LogP contribution in [0.3, 0.4) is 0 Å². The minimum Gasteiger partial charge on any atom is -0.397 e. The van der Waals surface area contributed by atoms with E-state index in [-0.39, 0.29) is 5.84 Å². The molecule has 0 atom stereocenters. The lowest BCUT2D eigenvalue weighted by molar-refractivity contribution is 0.428. The highest BCUT2D eigenvalue weighted by Gasteiger charge is 2.20. The molecule has 6 nitrogen and oxygen atoms in total. The summed E-state index contributed by atoms with van der Waals surface area (Å²) in [6.45, 7) is 1.93. The van der Waals surface area contributed by atoms with Crippen LogP contribution < -0.4 is 27.6 Å². The first-order chi connectivity index (χ1) is 8.68. The number of hydrogen-bond donors (Lipinski definition) is 6. The molecule has 0 saturated carbocycles. The third-order valence-electron chi connectivity index (χ3n) is 3.25. The largest absolute Gasteiger partial charge is 0.397 e. The molecular formula is C12H20N6. The molecule has 0 aliphatic carbocycles. The van der Waals surface area contributed by atoms with Gasteiger partial charge in [-0.2, -0.15) is 0 Å². The fraction of sp³-hybridized carbons (Fsp3) is 0.417. The maximum atomic E-state index is 7.71. The number of hydrazine groups is 1. The number of nitrogens with one attached hydrogen (secondary N) is 4. The fourth-order valence-corrected chi connectivity index (χ4v) is 2.25. The third-order valence-corrected chi connectivity index (χ3v) is 3.25. The van der Waals surface area contributed by atoms with E-state index in [9.17, 15) is 0 Å². The molecule has 0 radical (unpaired) electrons. The van der Waals surface area contributed by atoms with Crippen LogP contribution in [-0.2, 0) is 0 Å². The van der Waals surface area contributed by atoms with Crippen LogP contribution in [0.5, 0.6) is 0 Å². The van der Waals surface area contributed by atoms with Gasteiger partial charge in [0.25, 0.3) is 0 Å². The van der Waals surface area contributed by atoms with E-state index in [4.69, 9.17) is 16.9 Å². The van der Waals surface area contributed by atoms with Crippen LogP contribution in [0.15, 0.2) is 35.3 Å². The van der Waals surface area contributed by atoms with Gasteiger partial charge >= 0.3 is 0 Å². The second-order valence-corrected chi connectivity index (χ2v) is 4.51. The first kappa shape index (κ1) is 12.5. The minimum atomic E-state index is 0.111. The Morgan fingerprint density at radius 2 is 2.06 bits per heavy atom. The fourth-order valence-electron chi connectivity index (χ4n) is 2.25. The predicted molar refractivity (Wildman–Crippen MR) is 72.2 cm³/mol. The number of nitrogens with two attached hydrogens (primary N) is 2. The standard InChI is InChI=1S/C12H20N6/c13-10(11-3-6-17-18-11)7-9(12(14)15)8-1-4-16-5-2-8/h3,6-8,16-18H,1-2,4-5,13H2,(H3,14,15)/b9-7-,11-10-. The highest BCUT2D eigenvalue weighted by molar-refractivity contribution is 5.95. The second-order valence-electron chi connectivity index (χ2n) is 4.51. The molecule has 1 fully saturated rings. The van der Waals surface area contributed by atoms with Gasteiger partial charge in [0.1, 0.15) is 5.84 Å². The van der Waals surface area contributed by atoms with E-state index in [2.05, 4.69) is 16.2 Å². The maximum absolute atomic E-state index is 7.71. The topological polar surface area (TPSA) is 112 Å². The molecule has 18 heavy (non-hydrogen) atoms. The molecule has 0 spiro atoms. The molecule has 2 heterocycles. The molecule has 1 saturated heterocycles. The van der Waals surface area contributed by atoms with Crippen LogP contribution >= 0.6 is 0 Å². The van der Waals surface area contributed by atoms with Crippen molar-refractivity contribution in [1.29, 1.82) is 5.41 Å². The van der Waals surface area contributed by atoms with Gasteiger partial charge in [-0.15, -0.1) is 0 Å². The highest BCUT2D eigenvalue weighted by Crippen LogP contribution is 2.22. The van der Waals surface area contributed by atoms with E-state index < -0.39 is 0 Å². The Balaban J connectivity index is 2.21. The molecule has 2 rings (SSSR count). The van der Waals surface area contributed by atoms with E-state index in [1.54, 1.807) is 6.20 Å². The number of piperidine rings is 1. The Hall–Kier alpha value is -1.95. The molecule has 0 aromatic heterocycles. The van der Waals surface area contributed by atoms with E-state index in [0.717, 1.165) is 37.2 Å². The molecule has 6 heteroatoms. The number of amidine groups is 1.